The van der Waals surface area contributed by atoms with Gasteiger partial charge in [-0.25, -0.2) is 14.4 Å². The molecular weight excluding hydrogens is 847 g/mol. The molecule has 4 N–H and O–H groups in total. The van der Waals surface area contributed by atoms with E-state index in [0.29, 0.717) is 22.2 Å². The first kappa shape index (κ1) is 42.8. The number of hydrogen-bond acceptors (Lipinski definition) is 10. The number of morpholine rings is 1. The maximum absolute atomic E-state index is 16.4. The molecular formula is C53H45N7O7. The topological polar surface area (TPSA) is 182 Å². The average Bonchev–Trinajstić information content (AvgIpc) is 4.00. The van der Waals surface area contributed by atoms with Crippen LogP contribution < -0.4 is 20.7 Å². The van der Waals surface area contributed by atoms with Crippen LogP contribution in [-0.2, 0) is 31.1 Å². The molecule has 7 unspecified atom stereocenters. The number of primary amides is 1. The normalized spacial score (nSPS) is 22.4. The molecule has 0 saturated carbocycles. The Balaban J connectivity index is 1.23. The number of nitrogens with one attached hydrogen (secondary N) is 1. The van der Waals surface area contributed by atoms with Crippen molar-refractivity contribution in [3.05, 3.63) is 191 Å². The van der Waals surface area contributed by atoms with Crippen LogP contribution in [0.4, 0.5) is 10.5 Å². The molecule has 6 aromatic carbocycles. The molecule has 3 aliphatic heterocycles. The van der Waals surface area contributed by atoms with Crippen LogP contribution in [0.15, 0.2) is 158 Å². The summed E-state index contributed by atoms with van der Waals surface area (Å²) in [4.78, 5) is 64.0. The van der Waals surface area contributed by atoms with E-state index in [1.807, 2.05) is 127 Å². The molecule has 0 radical (unpaired) electrons. The second kappa shape index (κ2) is 17.7. The number of para-hydroxylation sites is 2. The third kappa shape index (κ3) is 7.25. The number of carbonyl (C=O) groups excluding carboxylic acids is 4. The smallest absolute Gasteiger partial charge is 0.329 e. The second-order valence-corrected chi connectivity index (χ2v) is 16.8. The highest BCUT2D eigenvalue weighted by Crippen LogP contribution is 2.66. The van der Waals surface area contributed by atoms with Gasteiger partial charge in [0, 0.05) is 11.1 Å². The first-order valence-corrected chi connectivity index (χ1v) is 22.0. The predicted octanol–water partition coefficient (Wildman–Crippen LogP) is 6.48. The Labute approximate surface area is 385 Å². The van der Waals surface area contributed by atoms with E-state index < -0.39 is 65.4 Å². The number of carbonyl (C=O) groups is 4. The number of aromatic nitrogens is 3. The number of hydrogen-bond donors (Lipinski definition) is 3. The number of ether oxygens (including phenoxy) is 2. The fourth-order valence-electron chi connectivity index (χ4n) is 10.3. The van der Waals surface area contributed by atoms with Crippen molar-refractivity contribution in [1.82, 2.24) is 25.2 Å². The molecule has 3 aliphatic rings. The number of imide groups is 1. The van der Waals surface area contributed by atoms with Crippen LogP contribution in [-0.4, -0.2) is 68.1 Å². The second-order valence-electron chi connectivity index (χ2n) is 16.8. The van der Waals surface area contributed by atoms with Gasteiger partial charge in [0.25, 0.3) is 0 Å². The number of amides is 4. The summed E-state index contributed by atoms with van der Waals surface area (Å²) in [7, 11) is 0. The third-order valence-corrected chi connectivity index (χ3v) is 13.1. The van der Waals surface area contributed by atoms with E-state index in [1.165, 1.54) is 0 Å². The van der Waals surface area contributed by atoms with Gasteiger partial charge in [0.15, 0.2) is 0 Å². The first-order valence-electron chi connectivity index (χ1n) is 22.0. The number of nitrogens with two attached hydrogens (primary N) is 1. The van der Waals surface area contributed by atoms with Gasteiger partial charge in [-0.15, -0.1) is 5.10 Å². The van der Waals surface area contributed by atoms with Crippen molar-refractivity contribution in [2.24, 2.45) is 11.7 Å². The van der Waals surface area contributed by atoms with Crippen molar-refractivity contribution in [3.8, 4) is 17.6 Å². The lowest BCUT2D eigenvalue weighted by atomic mass is 9.65. The van der Waals surface area contributed by atoms with Gasteiger partial charge in [0.1, 0.15) is 42.0 Å². The summed E-state index contributed by atoms with van der Waals surface area (Å²) >= 11 is 0. The number of aliphatic hydroxyl groups is 1. The maximum atomic E-state index is 16.4. The van der Waals surface area contributed by atoms with Crippen LogP contribution >= 0.6 is 0 Å². The van der Waals surface area contributed by atoms with E-state index in [2.05, 4.69) is 27.5 Å². The number of nitrogens with zero attached hydrogens (tertiary/aromatic N) is 5. The summed E-state index contributed by atoms with van der Waals surface area (Å²) < 4.78 is 14.4. The zero-order chi connectivity index (χ0) is 46.2. The molecule has 0 aliphatic carbocycles. The van der Waals surface area contributed by atoms with Gasteiger partial charge in [-0.2, -0.15) is 0 Å². The van der Waals surface area contributed by atoms with Crippen LogP contribution in [0.2, 0.25) is 0 Å². The van der Waals surface area contributed by atoms with Crippen LogP contribution in [0.3, 0.4) is 0 Å². The molecule has 7 aromatic rings. The van der Waals surface area contributed by atoms with Crippen molar-refractivity contribution in [1.29, 1.82) is 0 Å². The summed E-state index contributed by atoms with van der Waals surface area (Å²) in [6.45, 7) is 1.56. The van der Waals surface area contributed by atoms with Crippen LogP contribution in [0.5, 0.6) is 5.75 Å². The zero-order valence-electron chi connectivity index (χ0n) is 36.3. The van der Waals surface area contributed by atoms with Crippen LogP contribution in [0, 0.1) is 17.8 Å². The van der Waals surface area contributed by atoms with E-state index in [1.54, 1.807) is 47.1 Å². The van der Waals surface area contributed by atoms with Gasteiger partial charge in [-0.1, -0.05) is 138 Å². The number of anilines is 1. The molecule has 0 bridgehead atoms. The monoisotopic (exact) mass is 891 g/mol. The highest BCUT2D eigenvalue weighted by molar-refractivity contribution is 6.24. The molecule has 4 amide bonds. The minimum atomic E-state index is -2.09. The molecule has 7 atom stereocenters. The van der Waals surface area contributed by atoms with E-state index in [-0.39, 0.29) is 36.8 Å². The zero-order valence-corrected chi connectivity index (χ0v) is 36.3. The Bertz CT molecular complexity index is 3080. The summed E-state index contributed by atoms with van der Waals surface area (Å²) in [6, 6.07) is 42.9. The van der Waals surface area contributed by atoms with Crippen LogP contribution in [0.25, 0.3) is 11.0 Å². The van der Waals surface area contributed by atoms with Gasteiger partial charge in [-0.05, 0) is 65.6 Å². The molecule has 4 heterocycles. The Morgan fingerprint density at radius 2 is 1.52 bits per heavy atom. The van der Waals surface area contributed by atoms with E-state index in [4.69, 9.17) is 15.2 Å². The summed E-state index contributed by atoms with van der Waals surface area (Å²) in [5.74, 6) is 2.58. The molecule has 2 saturated heterocycles. The summed E-state index contributed by atoms with van der Waals surface area (Å²) in [6.07, 6.45) is -0.934. The van der Waals surface area contributed by atoms with Crippen molar-refractivity contribution < 1.29 is 33.8 Å². The molecule has 334 valence electrons. The highest BCUT2D eigenvalue weighted by Gasteiger charge is 2.75. The average molecular weight is 892 g/mol. The van der Waals surface area contributed by atoms with E-state index in [0.717, 1.165) is 21.5 Å². The van der Waals surface area contributed by atoms with Crippen LogP contribution in [0.1, 0.15) is 64.5 Å². The summed E-state index contributed by atoms with van der Waals surface area (Å²) in [5.41, 5.74) is 9.51. The lowest BCUT2D eigenvalue weighted by Crippen LogP contribution is -2.55. The molecule has 1 aromatic heterocycles. The number of cyclic esters (lactones) is 1. The van der Waals surface area contributed by atoms with Crippen molar-refractivity contribution >= 4 is 40.5 Å². The number of fused-ring (bicyclic) bond motifs is 4. The van der Waals surface area contributed by atoms with Gasteiger partial charge in [0.2, 0.25) is 11.8 Å². The number of esters is 1. The Hall–Kier alpha value is -8.12. The number of aliphatic hydroxyl groups excluding tert-OH is 1. The molecule has 2 fully saturated rings. The Kier molecular flexibility index (Phi) is 11.3. The SMILES string of the molecule is CC(NC(=O)N1C(=O)C2(c3cc(C#CCn4nnc5ccccc54)ccc31)C(C(N)=O)C1C(=O)OC(c3ccccc3)C(c3ccccc3)N1C2c1ccccc1OCCO)c1ccccc1. The largest absolute Gasteiger partial charge is 0.491 e. The van der Waals surface area contributed by atoms with E-state index in [9.17, 15) is 14.7 Å². The highest BCUT2D eigenvalue weighted by atomic mass is 16.6. The maximum Gasteiger partial charge on any atom is 0.329 e. The van der Waals surface area contributed by atoms with Gasteiger partial charge in [0.05, 0.1) is 41.9 Å². The third-order valence-electron chi connectivity index (χ3n) is 13.1. The summed E-state index contributed by atoms with van der Waals surface area (Å²) in [5, 5.41) is 21.6. The lowest BCUT2D eigenvalue weighted by molar-refractivity contribution is -0.178. The number of rotatable bonds is 10. The van der Waals surface area contributed by atoms with E-state index >= 15 is 9.59 Å². The molecule has 14 heteroatoms. The van der Waals surface area contributed by atoms with Gasteiger partial charge >= 0.3 is 12.0 Å². The number of benzene rings is 6. The number of urea groups is 1. The minimum Gasteiger partial charge on any atom is -0.491 e. The quantitative estimate of drug-likeness (QED) is 0.102. The standard InChI is InChI=1S/C53H45N7O7/c1-33(35-17-5-2-6-18-35)55-52(65)59-41-28-27-34(16-15-29-58-42-25-13-12-24-40(42)56-57-58)32-39(41)53(51(59)64)44(49(54)62)46-50(63)67-47(37-21-9-4-10-22-37)45(36-19-7-3-8-20-36)60(46)48(53)38-23-11-14-26-43(38)66-31-30-61/h2-14,17-28,32-33,44-48,61H,29-31H2,1H3,(H2,54,62)(H,55,65). The molecule has 67 heavy (non-hydrogen) atoms. The molecule has 14 nitrogen and oxygen atoms in total. The Morgan fingerprint density at radius 3 is 2.25 bits per heavy atom. The molecule has 10 rings (SSSR count). The van der Waals surface area contributed by atoms with Gasteiger partial charge in [-0.3, -0.25) is 19.3 Å². The fraction of sp³-hybridized carbons (Fsp3) is 0.208. The van der Waals surface area contributed by atoms with Crippen molar-refractivity contribution in [2.45, 2.75) is 49.2 Å². The molecule has 1 spiro atoms. The van der Waals surface area contributed by atoms with Crippen molar-refractivity contribution in [2.75, 3.05) is 18.1 Å². The Morgan fingerprint density at radius 1 is 0.851 bits per heavy atom. The van der Waals surface area contributed by atoms with Crippen molar-refractivity contribution in [3.63, 3.8) is 0 Å². The minimum absolute atomic E-state index is 0.104. The first-order chi connectivity index (χ1) is 32.7. The predicted molar refractivity (Wildman–Crippen MR) is 248 cm³/mol. The van der Waals surface area contributed by atoms with Gasteiger partial charge < -0.3 is 25.6 Å². The fourth-order valence-corrected chi connectivity index (χ4v) is 10.3. The lowest BCUT2D eigenvalue weighted by Gasteiger charge is -2.46.